The van der Waals surface area contributed by atoms with Gasteiger partial charge in [0, 0.05) is 34.8 Å². The number of halogens is 1. The van der Waals surface area contributed by atoms with Crippen molar-refractivity contribution in [2.24, 2.45) is 0 Å². The van der Waals surface area contributed by atoms with Crippen molar-refractivity contribution in [3.63, 3.8) is 0 Å². The maximum absolute atomic E-state index is 2.43. The first-order valence-corrected chi connectivity index (χ1v) is 13.5. The van der Waals surface area contributed by atoms with E-state index in [-0.39, 0.29) is 0 Å². The Morgan fingerprint density at radius 2 is 1.32 bits per heavy atom. The third-order valence-electron chi connectivity index (χ3n) is 5.18. The predicted molar refractivity (Wildman–Crippen MR) is 139 cm³/mol. The molecule has 0 nitrogen and oxygen atoms in total. The van der Waals surface area contributed by atoms with E-state index in [9.17, 15) is 0 Å². The van der Waals surface area contributed by atoms with Gasteiger partial charge in [-0.05, 0) is 89.5 Å². The summed E-state index contributed by atoms with van der Waals surface area (Å²) in [6.07, 6.45) is 2.25. The number of hydrogen-bond donors (Lipinski definition) is 0. The molecule has 138 valence electrons. The Hall–Kier alpha value is -0.990. The van der Waals surface area contributed by atoms with Gasteiger partial charge in [0.25, 0.3) is 0 Å². The van der Waals surface area contributed by atoms with E-state index in [1.165, 1.54) is 57.9 Å². The summed E-state index contributed by atoms with van der Waals surface area (Å²) in [6, 6.07) is 18.6. The van der Waals surface area contributed by atoms with Crippen molar-refractivity contribution in [2.75, 3.05) is 0 Å². The molecule has 0 unspecified atom stereocenters. The molecule has 6 aromatic rings. The standard InChI is InChI=1S/C23H15IS4/c1-12-8-13-2-3-14-9-15(27-23(14)22(13)25-12)4-5-16-10-17-18-11-21(24)28-20(18)7-6-19(17)26-16/h2-3,6-11H,4-5H2,1H3. The topological polar surface area (TPSA) is 0 Å². The smallest absolute Gasteiger partial charge is 0.0666 e. The molecule has 0 bridgehead atoms. The molecule has 4 heterocycles. The summed E-state index contributed by atoms with van der Waals surface area (Å²) in [7, 11) is 0. The average Bonchev–Trinajstić information content (AvgIpc) is 3.41. The highest BCUT2D eigenvalue weighted by atomic mass is 127. The molecule has 6 rings (SSSR count). The van der Waals surface area contributed by atoms with Crippen LogP contribution in [0.25, 0.3) is 40.3 Å². The number of aryl methyl sites for hydroxylation is 3. The van der Waals surface area contributed by atoms with Gasteiger partial charge in [0.2, 0.25) is 0 Å². The van der Waals surface area contributed by atoms with Crippen molar-refractivity contribution >= 4 is 108 Å². The predicted octanol–water partition coefficient (Wildman–Crippen LogP) is 9.24. The van der Waals surface area contributed by atoms with Crippen LogP contribution in [-0.4, -0.2) is 0 Å². The molecule has 0 atom stereocenters. The molecule has 0 radical (unpaired) electrons. The van der Waals surface area contributed by atoms with Crippen molar-refractivity contribution in [1.82, 2.24) is 0 Å². The van der Waals surface area contributed by atoms with Crippen molar-refractivity contribution in [2.45, 2.75) is 19.8 Å². The zero-order valence-corrected chi connectivity index (χ0v) is 20.5. The van der Waals surface area contributed by atoms with Crippen LogP contribution in [0.15, 0.2) is 48.5 Å². The lowest BCUT2D eigenvalue weighted by molar-refractivity contribution is 1.01. The van der Waals surface area contributed by atoms with Gasteiger partial charge in [0.05, 0.1) is 12.3 Å². The minimum Gasteiger partial charge on any atom is -0.140 e. The normalized spacial score (nSPS) is 12.2. The van der Waals surface area contributed by atoms with E-state index in [4.69, 9.17) is 0 Å². The average molecular weight is 547 g/mol. The number of hydrogen-bond acceptors (Lipinski definition) is 4. The molecular weight excluding hydrogens is 531 g/mol. The molecule has 5 heteroatoms. The fraction of sp³-hybridized carbons (Fsp3) is 0.130. The summed E-state index contributed by atoms with van der Waals surface area (Å²) < 4.78 is 7.12. The number of rotatable bonds is 3. The molecule has 0 fully saturated rings. The Kier molecular flexibility index (Phi) is 4.31. The summed E-state index contributed by atoms with van der Waals surface area (Å²) >= 11 is 10.2. The Balaban J connectivity index is 1.34. The Morgan fingerprint density at radius 3 is 2.14 bits per heavy atom. The first-order chi connectivity index (χ1) is 13.6. The molecule has 0 saturated carbocycles. The van der Waals surface area contributed by atoms with Gasteiger partial charge in [-0.3, -0.25) is 0 Å². The summed E-state index contributed by atoms with van der Waals surface area (Å²) in [4.78, 5) is 4.40. The second kappa shape index (κ2) is 6.77. The molecule has 0 spiro atoms. The van der Waals surface area contributed by atoms with E-state index in [0.29, 0.717) is 0 Å². The van der Waals surface area contributed by atoms with Crippen LogP contribution in [0.1, 0.15) is 14.6 Å². The van der Waals surface area contributed by atoms with E-state index in [0.717, 1.165) is 12.8 Å². The van der Waals surface area contributed by atoms with Crippen LogP contribution < -0.4 is 0 Å². The fourth-order valence-corrected chi connectivity index (χ4v) is 9.14. The van der Waals surface area contributed by atoms with Crippen LogP contribution in [0.3, 0.4) is 0 Å². The van der Waals surface area contributed by atoms with E-state index in [1.54, 1.807) is 0 Å². The van der Waals surface area contributed by atoms with Crippen LogP contribution >= 0.6 is 67.9 Å². The van der Waals surface area contributed by atoms with Gasteiger partial charge in [-0.1, -0.05) is 12.1 Å². The maximum atomic E-state index is 2.43. The summed E-state index contributed by atoms with van der Waals surface area (Å²) in [6.45, 7) is 2.21. The fourth-order valence-electron chi connectivity index (χ4n) is 3.92. The van der Waals surface area contributed by atoms with Crippen molar-refractivity contribution < 1.29 is 0 Å². The molecule has 4 aromatic heterocycles. The van der Waals surface area contributed by atoms with Crippen molar-refractivity contribution in [3.8, 4) is 0 Å². The third kappa shape index (κ3) is 2.94. The number of benzene rings is 2. The lowest BCUT2D eigenvalue weighted by Gasteiger charge is -1.94. The van der Waals surface area contributed by atoms with Crippen LogP contribution in [0.5, 0.6) is 0 Å². The highest BCUT2D eigenvalue weighted by Crippen LogP contribution is 2.39. The summed E-state index contributed by atoms with van der Waals surface area (Å²) in [5, 5.41) is 5.65. The van der Waals surface area contributed by atoms with Crippen LogP contribution in [-0.2, 0) is 12.8 Å². The van der Waals surface area contributed by atoms with E-state index < -0.39 is 0 Å². The lowest BCUT2D eigenvalue weighted by atomic mass is 10.1. The molecule has 28 heavy (non-hydrogen) atoms. The van der Waals surface area contributed by atoms with Crippen LogP contribution in [0.2, 0.25) is 0 Å². The largest absolute Gasteiger partial charge is 0.140 e. The monoisotopic (exact) mass is 546 g/mol. The second-order valence-electron chi connectivity index (χ2n) is 7.12. The van der Waals surface area contributed by atoms with Gasteiger partial charge >= 0.3 is 0 Å². The third-order valence-corrected chi connectivity index (χ3v) is 10.6. The molecule has 0 aliphatic heterocycles. The Morgan fingerprint density at radius 1 is 0.679 bits per heavy atom. The first kappa shape index (κ1) is 17.8. The SMILES string of the molecule is Cc1cc2ccc3cc(CCc4cc5c(ccc6sc(I)cc65)s4)sc3c2s1. The van der Waals surface area contributed by atoms with E-state index in [1.807, 2.05) is 45.3 Å². The van der Waals surface area contributed by atoms with Gasteiger partial charge in [0.15, 0.2) is 0 Å². The molecule has 0 aliphatic carbocycles. The Bertz CT molecular complexity index is 1380. The molecular formula is C23H15IS4. The lowest BCUT2D eigenvalue weighted by Crippen LogP contribution is -1.83. The molecule has 0 saturated heterocycles. The highest BCUT2D eigenvalue weighted by Gasteiger charge is 2.11. The molecule has 2 aromatic carbocycles. The minimum atomic E-state index is 1.13. The molecule has 0 aliphatic rings. The molecule has 0 N–H and O–H groups in total. The van der Waals surface area contributed by atoms with E-state index in [2.05, 4.69) is 78.0 Å². The van der Waals surface area contributed by atoms with Gasteiger partial charge in [0.1, 0.15) is 0 Å². The van der Waals surface area contributed by atoms with Crippen molar-refractivity contribution in [1.29, 1.82) is 0 Å². The van der Waals surface area contributed by atoms with Gasteiger partial charge in [-0.25, -0.2) is 0 Å². The van der Waals surface area contributed by atoms with Gasteiger partial charge < -0.3 is 0 Å². The number of thiophene rings is 4. The second-order valence-corrected chi connectivity index (χ2v) is 13.7. The van der Waals surface area contributed by atoms with Gasteiger partial charge in [-0.15, -0.1) is 45.3 Å². The zero-order chi connectivity index (χ0) is 18.8. The number of fused-ring (bicyclic) bond motifs is 6. The molecule has 0 amide bonds. The Labute approximate surface area is 192 Å². The van der Waals surface area contributed by atoms with Gasteiger partial charge in [-0.2, -0.15) is 0 Å². The highest BCUT2D eigenvalue weighted by molar-refractivity contribution is 14.1. The quantitative estimate of drug-likeness (QED) is 0.194. The zero-order valence-electron chi connectivity index (χ0n) is 15.0. The summed E-state index contributed by atoms with van der Waals surface area (Å²) in [5.41, 5.74) is 0. The van der Waals surface area contributed by atoms with Crippen molar-refractivity contribution in [3.05, 3.63) is 66.0 Å². The first-order valence-electron chi connectivity index (χ1n) is 9.16. The van der Waals surface area contributed by atoms with Crippen LogP contribution in [0.4, 0.5) is 0 Å². The maximum Gasteiger partial charge on any atom is 0.0666 e. The minimum absolute atomic E-state index is 1.13. The van der Waals surface area contributed by atoms with E-state index >= 15 is 0 Å². The van der Waals surface area contributed by atoms with Crippen LogP contribution in [0, 0.1) is 9.81 Å². The summed E-state index contributed by atoms with van der Waals surface area (Å²) in [5.74, 6) is 0.